The predicted octanol–water partition coefficient (Wildman–Crippen LogP) is 10.8. The summed E-state index contributed by atoms with van der Waals surface area (Å²) in [4.78, 5) is 39.5. The summed E-state index contributed by atoms with van der Waals surface area (Å²) < 4.78 is 5.24. The first-order valence-corrected chi connectivity index (χ1v) is 24.3. The van der Waals surface area contributed by atoms with E-state index in [1.54, 1.807) is 29.6 Å². The summed E-state index contributed by atoms with van der Waals surface area (Å²) in [6.07, 6.45) is 6.76. The first-order valence-electron chi connectivity index (χ1n) is 22.6. The molecule has 12 nitrogen and oxygen atoms in total. The van der Waals surface area contributed by atoms with Crippen molar-refractivity contribution in [3.05, 3.63) is 126 Å². The summed E-state index contributed by atoms with van der Waals surface area (Å²) in [6.45, 7) is 21.8. The van der Waals surface area contributed by atoms with Crippen LogP contribution in [0.25, 0.3) is 26.5 Å². The number of hydrogen-bond acceptors (Lipinski definition) is 11. The molecule has 3 aliphatic rings. The number of ether oxygens (including phenoxy) is 1. The first kappa shape index (κ1) is 52.4. The van der Waals surface area contributed by atoms with Crippen molar-refractivity contribution in [2.75, 3.05) is 72.5 Å². The molecule has 0 saturated carbocycles. The number of thiophene rings is 2. The molecule has 0 bridgehead atoms. The topological polar surface area (TPSA) is 190 Å². The molecule has 10 N–H and O–H groups in total. The van der Waals surface area contributed by atoms with Crippen molar-refractivity contribution < 1.29 is 19.1 Å². The van der Waals surface area contributed by atoms with E-state index in [9.17, 15) is 14.4 Å². The average molecular weight is 933 g/mol. The van der Waals surface area contributed by atoms with E-state index in [4.69, 9.17) is 21.9 Å². The summed E-state index contributed by atoms with van der Waals surface area (Å²) in [5, 5.41) is 16.3. The molecule has 3 aromatic carbocycles. The van der Waals surface area contributed by atoms with Crippen molar-refractivity contribution in [3.63, 3.8) is 0 Å². The highest BCUT2D eigenvalue weighted by atomic mass is 32.1. The molecule has 3 fully saturated rings. The lowest BCUT2D eigenvalue weighted by molar-refractivity contribution is -0.134. The lowest BCUT2D eigenvalue weighted by Crippen LogP contribution is -2.50. The number of rotatable bonds is 11. The van der Waals surface area contributed by atoms with Crippen LogP contribution in [-0.2, 0) is 19.1 Å². The summed E-state index contributed by atoms with van der Waals surface area (Å²) >= 11 is 3.37. The SMILES string of the molecule is C/C=C\C=C(/C)c1ccc(N)c(NC(=O)C2CCOC2)c1.C=C(Nc1cc(-c2cccs2)ccc1N)C1CN(C(C)=O)C1.CC.CC.Nc1ccc(-c2cccs2)cc1NC(=O)C1CNC1. The number of nitrogens with zero attached hydrogens (tertiary/aromatic N) is 1. The summed E-state index contributed by atoms with van der Waals surface area (Å²) in [7, 11) is 0. The Morgan fingerprint density at radius 1 is 0.727 bits per heavy atom. The molecule has 5 aromatic rings. The molecule has 5 heterocycles. The van der Waals surface area contributed by atoms with E-state index < -0.39 is 0 Å². The number of hydrogen-bond donors (Lipinski definition) is 7. The van der Waals surface area contributed by atoms with Crippen LogP contribution in [0.4, 0.5) is 34.1 Å². The fourth-order valence-corrected chi connectivity index (χ4v) is 8.13. The van der Waals surface area contributed by atoms with E-state index in [2.05, 4.69) is 45.4 Å². The van der Waals surface area contributed by atoms with Gasteiger partial charge >= 0.3 is 0 Å². The number of nitrogens with two attached hydrogens (primary N) is 3. The van der Waals surface area contributed by atoms with E-state index in [1.807, 2.05) is 137 Å². The maximum atomic E-state index is 12.1. The second kappa shape index (κ2) is 26.7. The molecule has 3 amide bonds. The number of amides is 3. The summed E-state index contributed by atoms with van der Waals surface area (Å²) in [6, 6.07) is 25.6. The Bertz CT molecular complexity index is 2400. The Balaban J connectivity index is 0.000000209. The molecule has 3 saturated heterocycles. The zero-order valence-corrected chi connectivity index (χ0v) is 41.0. The minimum Gasteiger partial charge on any atom is -0.397 e. The average Bonchev–Trinajstić information content (AvgIpc) is 4.12. The van der Waals surface area contributed by atoms with Gasteiger partial charge in [0.25, 0.3) is 0 Å². The zero-order chi connectivity index (χ0) is 48.2. The van der Waals surface area contributed by atoms with Gasteiger partial charge in [-0.2, -0.15) is 0 Å². The number of nitrogens with one attached hydrogen (secondary N) is 4. The van der Waals surface area contributed by atoms with Crippen LogP contribution in [0.3, 0.4) is 0 Å². The molecule has 0 aliphatic carbocycles. The van der Waals surface area contributed by atoms with Gasteiger partial charge in [0.15, 0.2) is 0 Å². The van der Waals surface area contributed by atoms with Gasteiger partial charge in [-0.25, -0.2) is 0 Å². The van der Waals surface area contributed by atoms with E-state index in [0.29, 0.717) is 41.7 Å². The minimum atomic E-state index is -0.0762. The maximum absolute atomic E-state index is 12.1. The van der Waals surface area contributed by atoms with Crippen molar-refractivity contribution in [3.8, 4) is 20.9 Å². The van der Waals surface area contributed by atoms with E-state index in [-0.39, 0.29) is 35.5 Å². The molecular formula is C52H68N8O4S2. The normalized spacial score (nSPS) is 15.4. The van der Waals surface area contributed by atoms with Crippen LogP contribution in [0.1, 0.15) is 60.5 Å². The Morgan fingerprint density at radius 2 is 1.24 bits per heavy atom. The van der Waals surface area contributed by atoms with Gasteiger partial charge in [-0.15, -0.1) is 22.7 Å². The molecule has 8 rings (SSSR count). The molecule has 14 heteroatoms. The van der Waals surface area contributed by atoms with Crippen molar-refractivity contribution in [2.45, 2.75) is 54.9 Å². The number of allylic oxidation sites excluding steroid dienone is 4. The Labute approximate surface area is 399 Å². The van der Waals surface area contributed by atoms with Crippen LogP contribution >= 0.6 is 22.7 Å². The highest BCUT2D eigenvalue weighted by molar-refractivity contribution is 7.13. The van der Waals surface area contributed by atoms with Crippen LogP contribution < -0.4 is 38.5 Å². The molecule has 3 aliphatic heterocycles. The lowest BCUT2D eigenvalue weighted by Gasteiger charge is -2.40. The molecular weight excluding hydrogens is 865 g/mol. The van der Waals surface area contributed by atoms with Crippen LogP contribution in [-0.4, -0.2) is 62.0 Å². The molecule has 2 aromatic heterocycles. The van der Waals surface area contributed by atoms with Gasteiger partial charge in [-0.3, -0.25) is 14.4 Å². The van der Waals surface area contributed by atoms with Gasteiger partial charge in [0.05, 0.1) is 52.6 Å². The van der Waals surface area contributed by atoms with Crippen molar-refractivity contribution in [1.82, 2.24) is 10.2 Å². The molecule has 0 radical (unpaired) electrons. The lowest BCUT2D eigenvalue weighted by atomic mass is 9.96. The van der Waals surface area contributed by atoms with Crippen molar-refractivity contribution >= 4 is 80.1 Å². The van der Waals surface area contributed by atoms with Crippen LogP contribution in [0, 0.1) is 17.8 Å². The number of likely N-dealkylation sites (tertiary alicyclic amines) is 1. The highest BCUT2D eigenvalue weighted by Gasteiger charge is 2.31. The van der Waals surface area contributed by atoms with Gasteiger partial charge in [-0.1, -0.05) is 82.8 Å². The summed E-state index contributed by atoms with van der Waals surface area (Å²) in [5.41, 5.74) is 27.3. The predicted molar refractivity (Wildman–Crippen MR) is 281 cm³/mol. The third kappa shape index (κ3) is 14.9. The first-order chi connectivity index (χ1) is 31.9. The Hall–Kier alpha value is -6.19. The maximum Gasteiger partial charge on any atom is 0.230 e. The van der Waals surface area contributed by atoms with E-state index >= 15 is 0 Å². The van der Waals surface area contributed by atoms with E-state index in [0.717, 1.165) is 66.2 Å². The second-order valence-corrected chi connectivity index (χ2v) is 17.3. The Morgan fingerprint density at radius 3 is 1.70 bits per heavy atom. The number of benzene rings is 3. The van der Waals surface area contributed by atoms with Gasteiger partial charge in [0.1, 0.15) is 0 Å². The molecule has 352 valence electrons. The highest BCUT2D eigenvalue weighted by Crippen LogP contribution is 2.33. The number of nitrogen functional groups attached to an aromatic ring is 3. The largest absolute Gasteiger partial charge is 0.397 e. The molecule has 1 unspecified atom stereocenters. The van der Waals surface area contributed by atoms with Crippen LogP contribution in [0.5, 0.6) is 0 Å². The Kier molecular flexibility index (Phi) is 21.2. The van der Waals surface area contributed by atoms with Gasteiger partial charge in [0, 0.05) is 61.1 Å². The van der Waals surface area contributed by atoms with Gasteiger partial charge in [0.2, 0.25) is 17.7 Å². The van der Waals surface area contributed by atoms with Gasteiger partial charge < -0.3 is 48.1 Å². The van der Waals surface area contributed by atoms with Gasteiger partial charge in [-0.05, 0) is 102 Å². The monoisotopic (exact) mass is 932 g/mol. The standard InChI is InChI=1S/C17H19N3OS.C17H22N2O2.C14H15N3OS.2C2H6/c1-11(14-9-20(10-14)12(2)21)19-16-8-13(5-6-15(16)18)17-4-3-7-22-17;1-3-4-5-12(2)13-6-7-15(18)16(10-13)19-17(20)14-8-9-21-11-14;15-11-4-3-9(13-2-1-5-19-13)6-12(11)17-14(18)10-7-16-8-10;2*1-2/h3-8,14,19H,1,9-10,18H2,2H3;3-7,10,14H,8-9,11,18H2,1-2H3,(H,19,20);1-6,10,16H,7-8,15H2,(H,17,18);2*1-2H3/b;4-3-,12-5+;;;. The molecule has 1 atom stereocenters. The fraction of sp³-hybridized carbons (Fsp3) is 0.327. The van der Waals surface area contributed by atoms with Crippen molar-refractivity contribution in [1.29, 1.82) is 0 Å². The third-order valence-corrected chi connectivity index (χ3v) is 12.7. The molecule has 66 heavy (non-hydrogen) atoms. The number of carbonyl (C=O) groups is 3. The summed E-state index contributed by atoms with van der Waals surface area (Å²) in [5.74, 6) is 0.398. The van der Waals surface area contributed by atoms with Crippen LogP contribution in [0.15, 0.2) is 120 Å². The zero-order valence-electron chi connectivity index (χ0n) is 39.4. The van der Waals surface area contributed by atoms with Crippen molar-refractivity contribution in [2.24, 2.45) is 17.8 Å². The smallest absolute Gasteiger partial charge is 0.230 e. The number of anilines is 6. The second-order valence-electron chi connectivity index (χ2n) is 15.4. The number of carbonyl (C=O) groups excluding carboxylic acids is 3. The van der Waals surface area contributed by atoms with Crippen LogP contribution in [0.2, 0.25) is 0 Å². The quantitative estimate of drug-likeness (QED) is 0.0499. The molecule has 0 spiro atoms. The fourth-order valence-electron chi connectivity index (χ4n) is 6.68. The van der Waals surface area contributed by atoms with E-state index in [1.165, 1.54) is 9.75 Å². The third-order valence-electron chi connectivity index (χ3n) is 10.8. The minimum absolute atomic E-state index is 0.0218.